The van der Waals surface area contributed by atoms with Gasteiger partial charge in [-0.1, -0.05) is 27.5 Å². The number of methoxy groups -OCH3 is 1. The molecule has 0 fully saturated rings. The Hall–Kier alpha value is -1.72. The third-order valence-corrected chi connectivity index (χ3v) is 3.56. The number of nitrogen functional groups attached to an aromatic ring is 1. The van der Waals surface area contributed by atoms with E-state index in [2.05, 4.69) is 15.9 Å². The highest BCUT2D eigenvalue weighted by atomic mass is 79.9. The van der Waals surface area contributed by atoms with Gasteiger partial charge in [-0.2, -0.15) is 0 Å². The van der Waals surface area contributed by atoms with Crippen molar-refractivity contribution < 1.29 is 14.3 Å². The average Bonchev–Trinajstić information content (AvgIpc) is 2.45. The Morgan fingerprint density at radius 2 is 2.05 bits per heavy atom. The number of anilines is 1. The zero-order valence-electron chi connectivity index (χ0n) is 11.2. The molecule has 0 unspecified atom stereocenters. The first-order chi connectivity index (χ1) is 10.0. The molecular formula is C15H13BrClNO3. The van der Waals surface area contributed by atoms with Crippen molar-refractivity contribution in [2.75, 3.05) is 12.8 Å². The van der Waals surface area contributed by atoms with Crippen LogP contribution in [0.3, 0.4) is 0 Å². The Morgan fingerprint density at radius 3 is 2.71 bits per heavy atom. The number of carbonyl (C=O) groups is 1. The van der Waals surface area contributed by atoms with Crippen LogP contribution in [-0.4, -0.2) is 13.1 Å². The van der Waals surface area contributed by atoms with Crippen molar-refractivity contribution in [3.05, 3.63) is 57.0 Å². The normalized spacial score (nSPS) is 10.2. The number of esters is 1. The summed E-state index contributed by atoms with van der Waals surface area (Å²) < 4.78 is 11.4. The summed E-state index contributed by atoms with van der Waals surface area (Å²) >= 11 is 9.16. The van der Waals surface area contributed by atoms with E-state index >= 15 is 0 Å². The van der Waals surface area contributed by atoms with E-state index in [-0.39, 0.29) is 17.9 Å². The van der Waals surface area contributed by atoms with E-state index < -0.39 is 5.97 Å². The lowest BCUT2D eigenvalue weighted by Gasteiger charge is -2.11. The van der Waals surface area contributed by atoms with Gasteiger partial charge >= 0.3 is 5.97 Å². The third-order valence-electron chi connectivity index (χ3n) is 2.83. The molecule has 2 rings (SSSR count). The lowest BCUT2D eigenvalue weighted by Crippen LogP contribution is -2.08. The second-order valence-corrected chi connectivity index (χ2v) is 5.62. The summed E-state index contributed by atoms with van der Waals surface area (Å²) in [5, 5.41) is 0.470. The maximum atomic E-state index is 12.0. The van der Waals surface area contributed by atoms with Crippen LogP contribution in [0.5, 0.6) is 5.75 Å². The quantitative estimate of drug-likeness (QED) is 0.651. The molecule has 110 valence electrons. The highest BCUT2D eigenvalue weighted by molar-refractivity contribution is 9.10. The van der Waals surface area contributed by atoms with E-state index in [1.807, 2.05) is 12.1 Å². The first-order valence-corrected chi connectivity index (χ1v) is 7.23. The molecular weight excluding hydrogens is 358 g/mol. The van der Waals surface area contributed by atoms with E-state index in [1.54, 1.807) is 19.2 Å². The Morgan fingerprint density at radius 1 is 1.29 bits per heavy atom. The summed E-state index contributed by atoms with van der Waals surface area (Å²) in [4.78, 5) is 12.0. The van der Waals surface area contributed by atoms with Gasteiger partial charge in [-0.25, -0.2) is 4.79 Å². The Labute approximate surface area is 135 Å². The molecule has 0 radical (unpaired) electrons. The summed E-state index contributed by atoms with van der Waals surface area (Å²) in [6.45, 7) is 0.0868. The number of carbonyl (C=O) groups excluding carboxylic acids is 1. The third kappa shape index (κ3) is 3.89. The standard InChI is InChI=1S/C15H13BrClNO3/c1-20-14-5-2-10(16)6-9(14)8-21-15(19)12-4-3-11(17)7-13(12)18/h2-7H,8,18H2,1H3. The van der Waals surface area contributed by atoms with E-state index in [9.17, 15) is 4.79 Å². The number of nitrogens with two attached hydrogens (primary N) is 1. The fraction of sp³-hybridized carbons (Fsp3) is 0.133. The van der Waals surface area contributed by atoms with Crippen molar-refractivity contribution in [2.24, 2.45) is 0 Å². The van der Waals surface area contributed by atoms with E-state index in [0.29, 0.717) is 10.8 Å². The summed E-state index contributed by atoms with van der Waals surface area (Å²) in [7, 11) is 1.56. The van der Waals surface area contributed by atoms with Crippen molar-refractivity contribution >= 4 is 39.2 Å². The molecule has 4 nitrogen and oxygen atoms in total. The maximum absolute atomic E-state index is 12.0. The zero-order valence-corrected chi connectivity index (χ0v) is 13.6. The van der Waals surface area contributed by atoms with Crippen LogP contribution in [0.25, 0.3) is 0 Å². The number of rotatable bonds is 4. The molecule has 21 heavy (non-hydrogen) atoms. The molecule has 0 bridgehead atoms. The number of hydrogen-bond acceptors (Lipinski definition) is 4. The van der Waals surface area contributed by atoms with Crippen molar-refractivity contribution in [1.82, 2.24) is 0 Å². The molecule has 0 aliphatic carbocycles. The summed E-state index contributed by atoms with van der Waals surface area (Å²) in [5.74, 6) is 0.140. The van der Waals surface area contributed by atoms with Crippen molar-refractivity contribution in [1.29, 1.82) is 0 Å². The van der Waals surface area contributed by atoms with Gasteiger partial charge in [0.05, 0.1) is 12.7 Å². The summed E-state index contributed by atoms with van der Waals surface area (Å²) in [6.07, 6.45) is 0. The minimum absolute atomic E-state index is 0.0868. The van der Waals surface area contributed by atoms with Crippen LogP contribution in [0.2, 0.25) is 5.02 Å². The number of hydrogen-bond donors (Lipinski definition) is 1. The van der Waals surface area contributed by atoms with Crippen LogP contribution < -0.4 is 10.5 Å². The highest BCUT2D eigenvalue weighted by Gasteiger charge is 2.13. The number of ether oxygens (including phenoxy) is 2. The van der Waals surface area contributed by atoms with Crippen LogP contribution >= 0.6 is 27.5 Å². The van der Waals surface area contributed by atoms with E-state index in [1.165, 1.54) is 12.1 Å². The van der Waals surface area contributed by atoms with Crippen LogP contribution in [0.4, 0.5) is 5.69 Å². The van der Waals surface area contributed by atoms with Gasteiger partial charge in [-0.3, -0.25) is 0 Å². The Balaban J connectivity index is 2.12. The molecule has 2 aromatic carbocycles. The monoisotopic (exact) mass is 369 g/mol. The van der Waals surface area contributed by atoms with Gasteiger partial charge in [-0.15, -0.1) is 0 Å². The van der Waals surface area contributed by atoms with E-state index in [0.717, 1.165) is 10.0 Å². The lowest BCUT2D eigenvalue weighted by molar-refractivity contribution is 0.0471. The van der Waals surface area contributed by atoms with Crippen molar-refractivity contribution in [2.45, 2.75) is 6.61 Å². The molecule has 0 heterocycles. The van der Waals surface area contributed by atoms with Gasteiger partial charge in [0, 0.05) is 20.7 Å². The average molecular weight is 371 g/mol. The summed E-state index contributed by atoms with van der Waals surface area (Å²) in [5.41, 5.74) is 7.08. The molecule has 0 spiro atoms. The zero-order chi connectivity index (χ0) is 15.4. The lowest BCUT2D eigenvalue weighted by atomic mass is 10.2. The van der Waals surface area contributed by atoms with Crippen LogP contribution in [0.15, 0.2) is 40.9 Å². The van der Waals surface area contributed by atoms with Gasteiger partial charge in [0.2, 0.25) is 0 Å². The summed E-state index contributed by atoms with van der Waals surface area (Å²) in [6, 6.07) is 10.1. The molecule has 0 atom stereocenters. The first kappa shape index (κ1) is 15.7. The fourth-order valence-electron chi connectivity index (χ4n) is 1.80. The Kier molecular flexibility index (Phi) is 5.09. The van der Waals surface area contributed by atoms with Gasteiger partial charge in [0.15, 0.2) is 0 Å². The number of benzene rings is 2. The molecule has 0 saturated heterocycles. The smallest absolute Gasteiger partial charge is 0.340 e. The van der Waals surface area contributed by atoms with Crippen LogP contribution in [-0.2, 0) is 11.3 Å². The van der Waals surface area contributed by atoms with Gasteiger partial charge in [0.25, 0.3) is 0 Å². The highest BCUT2D eigenvalue weighted by Crippen LogP contribution is 2.25. The molecule has 0 aliphatic heterocycles. The van der Waals surface area contributed by atoms with Gasteiger partial charge in [-0.05, 0) is 36.4 Å². The van der Waals surface area contributed by atoms with Gasteiger partial charge in [0.1, 0.15) is 12.4 Å². The minimum atomic E-state index is -0.508. The SMILES string of the molecule is COc1ccc(Br)cc1COC(=O)c1ccc(Cl)cc1N. The maximum Gasteiger partial charge on any atom is 0.340 e. The van der Waals surface area contributed by atoms with Crippen molar-refractivity contribution in [3.8, 4) is 5.75 Å². The predicted octanol–water partition coefficient (Wildman–Crippen LogP) is 4.05. The van der Waals surface area contributed by atoms with Crippen LogP contribution in [0, 0.1) is 0 Å². The molecule has 2 aromatic rings. The second-order valence-electron chi connectivity index (χ2n) is 4.26. The molecule has 0 aromatic heterocycles. The first-order valence-electron chi connectivity index (χ1n) is 6.06. The topological polar surface area (TPSA) is 61.5 Å². The second kappa shape index (κ2) is 6.83. The molecule has 6 heteroatoms. The van der Waals surface area contributed by atoms with Gasteiger partial charge < -0.3 is 15.2 Å². The fourth-order valence-corrected chi connectivity index (χ4v) is 2.39. The van der Waals surface area contributed by atoms with Crippen LogP contribution in [0.1, 0.15) is 15.9 Å². The largest absolute Gasteiger partial charge is 0.496 e. The van der Waals surface area contributed by atoms with E-state index in [4.69, 9.17) is 26.8 Å². The minimum Gasteiger partial charge on any atom is -0.496 e. The predicted molar refractivity (Wildman–Crippen MR) is 85.7 cm³/mol. The number of halogens is 2. The molecule has 0 saturated carbocycles. The molecule has 2 N–H and O–H groups in total. The molecule has 0 amide bonds. The van der Waals surface area contributed by atoms with Crippen molar-refractivity contribution in [3.63, 3.8) is 0 Å². The molecule has 0 aliphatic rings. The Bertz CT molecular complexity index is 676.